The van der Waals surface area contributed by atoms with E-state index in [1.165, 1.54) is 25.7 Å². The highest BCUT2D eigenvalue weighted by atomic mass is 127. The first-order valence-electron chi connectivity index (χ1n) is 11.8. The van der Waals surface area contributed by atoms with Crippen molar-refractivity contribution in [2.45, 2.75) is 64.0 Å². The Labute approximate surface area is 199 Å². The van der Waals surface area contributed by atoms with E-state index in [0.717, 1.165) is 71.1 Å². The van der Waals surface area contributed by atoms with Crippen LogP contribution in [-0.4, -0.2) is 98.2 Å². The summed E-state index contributed by atoms with van der Waals surface area (Å²) in [6, 6.07) is 0.482. The van der Waals surface area contributed by atoms with Gasteiger partial charge in [0.1, 0.15) is 0 Å². The van der Waals surface area contributed by atoms with E-state index in [9.17, 15) is 4.79 Å². The SMILES string of the molecule is CCOC1CC(NC(=NC)N2CCN(CC(=O)N3CCCC3)CC2)C12CCCC2.I. The number of carbonyl (C=O) groups excluding carboxylic acids is 1. The number of piperazine rings is 1. The Morgan fingerprint density at radius 3 is 2.30 bits per heavy atom. The number of nitrogens with zero attached hydrogens (tertiary/aromatic N) is 4. The lowest BCUT2D eigenvalue weighted by atomic mass is 9.60. The summed E-state index contributed by atoms with van der Waals surface area (Å²) in [6.45, 7) is 9.10. The first kappa shape index (κ1) is 24.0. The van der Waals surface area contributed by atoms with Crippen molar-refractivity contribution in [1.29, 1.82) is 0 Å². The fourth-order valence-corrected chi connectivity index (χ4v) is 5.92. The Morgan fingerprint density at radius 2 is 1.70 bits per heavy atom. The largest absolute Gasteiger partial charge is 0.378 e. The van der Waals surface area contributed by atoms with Gasteiger partial charge in [0, 0.05) is 64.4 Å². The second-order valence-corrected chi connectivity index (χ2v) is 9.22. The van der Waals surface area contributed by atoms with Gasteiger partial charge in [-0.25, -0.2) is 0 Å². The molecule has 1 amide bonds. The molecular formula is C22H40IN5O2. The number of aliphatic imine (C=N–C) groups is 1. The second-order valence-electron chi connectivity index (χ2n) is 9.22. The molecule has 7 nitrogen and oxygen atoms in total. The first-order valence-corrected chi connectivity index (χ1v) is 11.8. The summed E-state index contributed by atoms with van der Waals surface area (Å²) in [5, 5.41) is 3.80. The molecule has 8 heteroatoms. The van der Waals surface area contributed by atoms with Crippen molar-refractivity contribution in [2.75, 3.05) is 59.5 Å². The molecule has 4 rings (SSSR count). The lowest BCUT2D eigenvalue weighted by Gasteiger charge is -2.55. The molecule has 2 saturated carbocycles. The van der Waals surface area contributed by atoms with E-state index in [2.05, 4.69) is 27.0 Å². The molecule has 172 valence electrons. The normalized spacial score (nSPS) is 29.1. The second kappa shape index (κ2) is 10.8. The van der Waals surface area contributed by atoms with Gasteiger partial charge in [0.2, 0.25) is 5.91 Å². The van der Waals surface area contributed by atoms with Crippen LogP contribution in [0.5, 0.6) is 0 Å². The molecule has 1 N–H and O–H groups in total. The number of likely N-dealkylation sites (tertiary alicyclic amines) is 1. The van der Waals surface area contributed by atoms with Gasteiger partial charge in [-0.15, -0.1) is 24.0 Å². The van der Waals surface area contributed by atoms with E-state index >= 15 is 0 Å². The van der Waals surface area contributed by atoms with Gasteiger partial charge in [0.15, 0.2) is 5.96 Å². The Balaban J connectivity index is 0.00000256. The predicted octanol–water partition coefficient (Wildman–Crippen LogP) is 2.16. The summed E-state index contributed by atoms with van der Waals surface area (Å²) < 4.78 is 6.06. The highest BCUT2D eigenvalue weighted by molar-refractivity contribution is 14.0. The van der Waals surface area contributed by atoms with Gasteiger partial charge in [-0.05, 0) is 39.0 Å². The van der Waals surface area contributed by atoms with Crippen molar-refractivity contribution < 1.29 is 9.53 Å². The average molecular weight is 533 g/mol. The van der Waals surface area contributed by atoms with E-state index in [4.69, 9.17) is 4.74 Å². The van der Waals surface area contributed by atoms with Gasteiger partial charge in [0.25, 0.3) is 0 Å². The molecule has 4 fully saturated rings. The summed E-state index contributed by atoms with van der Waals surface area (Å²) in [4.78, 5) is 23.7. The number of amides is 1. The lowest BCUT2D eigenvalue weighted by Crippen LogP contribution is -2.66. The van der Waals surface area contributed by atoms with Crippen LogP contribution in [0.4, 0.5) is 0 Å². The van der Waals surface area contributed by atoms with Crippen LogP contribution in [0.1, 0.15) is 51.9 Å². The summed E-state index contributed by atoms with van der Waals surface area (Å²) in [7, 11) is 1.89. The van der Waals surface area contributed by atoms with Crippen LogP contribution >= 0.6 is 24.0 Å². The minimum Gasteiger partial charge on any atom is -0.378 e. The van der Waals surface area contributed by atoms with Gasteiger partial charge in [-0.3, -0.25) is 14.7 Å². The van der Waals surface area contributed by atoms with Crippen molar-refractivity contribution in [1.82, 2.24) is 20.0 Å². The fraction of sp³-hybridized carbons (Fsp3) is 0.909. The van der Waals surface area contributed by atoms with Crippen LogP contribution in [-0.2, 0) is 9.53 Å². The zero-order valence-corrected chi connectivity index (χ0v) is 21.1. The average Bonchev–Trinajstić information content (AvgIpc) is 3.44. The van der Waals surface area contributed by atoms with Crippen LogP contribution in [0.25, 0.3) is 0 Å². The number of rotatable bonds is 5. The molecule has 2 saturated heterocycles. The van der Waals surface area contributed by atoms with Crippen molar-refractivity contribution in [3.63, 3.8) is 0 Å². The molecule has 2 aliphatic heterocycles. The Morgan fingerprint density at radius 1 is 1.03 bits per heavy atom. The minimum absolute atomic E-state index is 0. The number of hydrogen-bond donors (Lipinski definition) is 1. The van der Waals surface area contributed by atoms with Crippen LogP contribution < -0.4 is 5.32 Å². The molecule has 2 aliphatic carbocycles. The minimum atomic E-state index is 0. The molecule has 30 heavy (non-hydrogen) atoms. The van der Waals surface area contributed by atoms with E-state index in [1.807, 2.05) is 11.9 Å². The van der Waals surface area contributed by atoms with E-state index < -0.39 is 0 Å². The zero-order chi connectivity index (χ0) is 20.3. The zero-order valence-electron chi connectivity index (χ0n) is 18.8. The van der Waals surface area contributed by atoms with Gasteiger partial charge in [-0.2, -0.15) is 0 Å². The standard InChI is InChI=1S/C22H39N5O2.HI/c1-3-29-19-16-18(22(19)8-4-5-9-22)24-21(23-2)27-14-12-25(13-15-27)17-20(28)26-10-6-7-11-26;/h18-19H,3-17H2,1-2H3,(H,23,24);1H. The first-order chi connectivity index (χ1) is 14.2. The molecule has 2 atom stereocenters. The Hall–Kier alpha value is -0.610. The molecular weight excluding hydrogens is 493 g/mol. The molecule has 0 aromatic carbocycles. The maximum atomic E-state index is 12.4. The van der Waals surface area contributed by atoms with E-state index in [-0.39, 0.29) is 24.0 Å². The number of nitrogens with one attached hydrogen (secondary N) is 1. The number of halogens is 1. The van der Waals surface area contributed by atoms with Crippen molar-refractivity contribution in [2.24, 2.45) is 10.4 Å². The lowest BCUT2D eigenvalue weighted by molar-refractivity contribution is -0.131. The highest BCUT2D eigenvalue weighted by Crippen LogP contribution is 2.54. The van der Waals surface area contributed by atoms with Gasteiger partial charge < -0.3 is 19.9 Å². The highest BCUT2D eigenvalue weighted by Gasteiger charge is 2.57. The van der Waals surface area contributed by atoms with Crippen molar-refractivity contribution in [3.8, 4) is 0 Å². The van der Waals surface area contributed by atoms with E-state index in [0.29, 0.717) is 30.0 Å². The molecule has 0 aromatic heterocycles. The molecule has 4 aliphatic rings. The molecule has 2 heterocycles. The quantitative estimate of drug-likeness (QED) is 0.334. The number of hydrogen-bond acceptors (Lipinski definition) is 4. The monoisotopic (exact) mass is 533 g/mol. The fourth-order valence-electron chi connectivity index (χ4n) is 5.92. The van der Waals surface area contributed by atoms with Crippen LogP contribution in [0.3, 0.4) is 0 Å². The maximum Gasteiger partial charge on any atom is 0.236 e. The Kier molecular flexibility index (Phi) is 8.66. The van der Waals surface area contributed by atoms with E-state index in [1.54, 1.807) is 0 Å². The maximum absolute atomic E-state index is 12.4. The number of ether oxygens (including phenoxy) is 1. The topological polar surface area (TPSA) is 60.4 Å². The number of carbonyl (C=O) groups is 1. The third kappa shape index (κ3) is 4.90. The molecule has 1 spiro atoms. The van der Waals surface area contributed by atoms with Gasteiger partial charge >= 0.3 is 0 Å². The molecule has 2 unspecified atom stereocenters. The van der Waals surface area contributed by atoms with Gasteiger partial charge in [0.05, 0.1) is 12.6 Å². The summed E-state index contributed by atoms with van der Waals surface area (Å²) in [5.41, 5.74) is 0.315. The van der Waals surface area contributed by atoms with Crippen molar-refractivity contribution in [3.05, 3.63) is 0 Å². The third-order valence-electron chi connectivity index (χ3n) is 7.69. The van der Waals surface area contributed by atoms with Gasteiger partial charge in [-0.1, -0.05) is 12.8 Å². The molecule has 0 aromatic rings. The molecule has 0 radical (unpaired) electrons. The predicted molar refractivity (Wildman–Crippen MR) is 130 cm³/mol. The van der Waals surface area contributed by atoms with Crippen LogP contribution in [0.15, 0.2) is 4.99 Å². The third-order valence-corrected chi connectivity index (χ3v) is 7.69. The number of guanidine groups is 1. The summed E-state index contributed by atoms with van der Waals surface area (Å²) in [5.74, 6) is 1.33. The van der Waals surface area contributed by atoms with Crippen LogP contribution in [0, 0.1) is 5.41 Å². The molecule has 0 bridgehead atoms. The summed E-state index contributed by atoms with van der Waals surface area (Å²) >= 11 is 0. The van der Waals surface area contributed by atoms with Crippen LogP contribution in [0.2, 0.25) is 0 Å². The Bertz CT molecular complexity index is 596. The summed E-state index contributed by atoms with van der Waals surface area (Å²) in [6.07, 6.45) is 9.03. The van der Waals surface area contributed by atoms with Crippen molar-refractivity contribution >= 4 is 35.8 Å². The smallest absolute Gasteiger partial charge is 0.236 e.